The molecule has 0 radical (unpaired) electrons. The molecule has 3 aromatic carbocycles. The smallest absolute Gasteiger partial charge is 0.0717 e. The molecule has 0 saturated carbocycles. The predicted octanol–water partition coefficient (Wildman–Crippen LogP) is 4.12. The summed E-state index contributed by atoms with van der Waals surface area (Å²) in [6.45, 7) is 2.07. The highest BCUT2D eigenvalue weighted by molar-refractivity contribution is 5.22. The van der Waals surface area contributed by atoms with Crippen molar-refractivity contribution in [3.63, 3.8) is 0 Å². The molecule has 4 N–H and O–H groups in total. The van der Waals surface area contributed by atoms with E-state index in [9.17, 15) is 0 Å². The number of nitrogens with two attached hydrogens (primary N) is 2. The van der Waals surface area contributed by atoms with Gasteiger partial charge in [0.2, 0.25) is 0 Å². The number of rotatable bonds is 10. The van der Waals surface area contributed by atoms with Gasteiger partial charge in [-0.25, -0.2) is 0 Å². The third-order valence-corrected chi connectivity index (χ3v) is 4.61. The normalized spacial score (nSPS) is 13.2. The second-order valence-corrected chi connectivity index (χ2v) is 6.88. The number of hydrogen-bond acceptors (Lipinski definition) is 4. The molecule has 0 heterocycles. The van der Waals surface area contributed by atoms with Crippen LogP contribution in [0.4, 0.5) is 0 Å². The molecule has 0 unspecified atom stereocenters. The Bertz CT molecular complexity index is 737. The first kappa shape index (κ1) is 20.2. The van der Waals surface area contributed by atoms with Crippen molar-refractivity contribution in [2.24, 2.45) is 11.5 Å². The fourth-order valence-electron chi connectivity index (χ4n) is 2.93. The van der Waals surface area contributed by atoms with Crippen molar-refractivity contribution in [3.8, 4) is 0 Å². The van der Waals surface area contributed by atoms with Gasteiger partial charge in [0.15, 0.2) is 0 Å². The van der Waals surface area contributed by atoms with Crippen LogP contribution in [-0.4, -0.2) is 13.2 Å². The number of benzene rings is 3. The summed E-state index contributed by atoms with van der Waals surface area (Å²) in [5, 5.41) is 0. The molecule has 28 heavy (non-hydrogen) atoms. The van der Waals surface area contributed by atoms with Crippen LogP contribution in [0.3, 0.4) is 0 Å². The molecule has 0 amide bonds. The summed E-state index contributed by atoms with van der Waals surface area (Å²) in [6.07, 6.45) is 0. The molecule has 0 saturated heterocycles. The molecule has 0 aliphatic rings. The zero-order chi connectivity index (χ0) is 19.6. The zero-order valence-corrected chi connectivity index (χ0v) is 16.0. The average Bonchev–Trinajstić information content (AvgIpc) is 2.76. The summed E-state index contributed by atoms with van der Waals surface area (Å²) < 4.78 is 11.5. The van der Waals surface area contributed by atoms with Gasteiger partial charge >= 0.3 is 0 Å². The standard InChI is InChI=1S/C24H28N2O2/c25-23(21-7-3-1-4-8-21)17-27-15-19-11-13-20(14-12-19)16-28-18-24(26)22-9-5-2-6-10-22/h1-14,23-24H,15-18,25-26H2/t23-,24-/m0/s1. The second-order valence-electron chi connectivity index (χ2n) is 6.88. The zero-order valence-electron chi connectivity index (χ0n) is 16.0. The molecule has 146 valence electrons. The van der Waals surface area contributed by atoms with Crippen LogP contribution in [0.15, 0.2) is 84.9 Å². The molecule has 0 aromatic heterocycles. The van der Waals surface area contributed by atoms with Gasteiger partial charge in [0.05, 0.1) is 38.5 Å². The Labute approximate surface area is 167 Å². The van der Waals surface area contributed by atoms with Crippen molar-refractivity contribution in [1.29, 1.82) is 0 Å². The van der Waals surface area contributed by atoms with Crippen molar-refractivity contribution >= 4 is 0 Å². The maximum absolute atomic E-state index is 6.15. The van der Waals surface area contributed by atoms with Crippen LogP contribution in [0.5, 0.6) is 0 Å². The molecule has 0 aliphatic carbocycles. The molecule has 0 aliphatic heterocycles. The van der Waals surface area contributed by atoms with Crippen molar-refractivity contribution < 1.29 is 9.47 Å². The van der Waals surface area contributed by atoms with Gasteiger partial charge in [0.25, 0.3) is 0 Å². The highest BCUT2D eigenvalue weighted by Gasteiger charge is 2.07. The summed E-state index contributed by atoms with van der Waals surface area (Å²) in [5.74, 6) is 0. The van der Waals surface area contributed by atoms with Gasteiger partial charge < -0.3 is 20.9 Å². The third kappa shape index (κ3) is 6.29. The fraction of sp³-hybridized carbons (Fsp3) is 0.250. The van der Waals surface area contributed by atoms with Crippen molar-refractivity contribution in [3.05, 3.63) is 107 Å². The second kappa shape index (κ2) is 10.7. The molecule has 3 rings (SSSR count). The molecule has 4 nitrogen and oxygen atoms in total. The summed E-state index contributed by atoms with van der Waals surface area (Å²) in [7, 11) is 0. The van der Waals surface area contributed by atoms with Crippen LogP contribution >= 0.6 is 0 Å². The Kier molecular flexibility index (Phi) is 7.76. The minimum Gasteiger partial charge on any atom is -0.375 e. The van der Waals surface area contributed by atoms with Gasteiger partial charge in [-0.1, -0.05) is 84.9 Å². The highest BCUT2D eigenvalue weighted by atomic mass is 16.5. The van der Waals surface area contributed by atoms with Gasteiger partial charge in [-0.15, -0.1) is 0 Å². The van der Waals surface area contributed by atoms with E-state index in [1.807, 2.05) is 60.7 Å². The molecule has 4 heteroatoms. The Balaban J connectivity index is 1.37. The van der Waals surface area contributed by atoms with Crippen molar-refractivity contribution in [1.82, 2.24) is 0 Å². The Hall–Kier alpha value is -2.50. The minimum absolute atomic E-state index is 0.109. The molecule has 0 spiro atoms. The SMILES string of the molecule is N[C@@H](COCc1ccc(COC[C@H](N)c2ccccc2)cc1)c1ccccc1. The Morgan fingerprint density at radius 2 is 0.893 bits per heavy atom. The molecular formula is C24H28N2O2. The van der Waals surface area contributed by atoms with Gasteiger partial charge in [0.1, 0.15) is 0 Å². The van der Waals surface area contributed by atoms with E-state index in [2.05, 4.69) is 24.3 Å². The predicted molar refractivity (Wildman–Crippen MR) is 112 cm³/mol. The maximum atomic E-state index is 6.15. The highest BCUT2D eigenvalue weighted by Crippen LogP contribution is 2.13. The lowest BCUT2D eigenvalue weighted by atomic mass is 10.1. The Morgan fingerprint density at radius 3 is 1.25 bits per heavy atom. The van der Waals surface area contributed by atoms with Gasteiger partial charge in [0, 0.05) is 0 Å². The van der Waals surface area contributed by atoms with Crippen LogP contribution in [-0.2, 0) is 22.7 Å². The van der Waals surface area contributed by atoms with Crippen LogP contribution in [0, 0.1) is 0 Å². The average molecular weight is 376 g/mol. The maximum Gasteiger partial charge on any atom is 0.0717 e. The summed E-state index contributed by atoms with van der Waals surface area (Å²) in [5.41, 5.74) is 16.7. The Morgan fingerprint density at radius 1 is 0.536 bits per heavy atom. The van der Waals surface area contributed by atoms with Gasteiger partial charge in [-0.3, -0.25) is 0 Å². The van der Waals surface area contributed by atoms with E-state index in [1.54, 1.807) is 0 Å². The quantitative estimate of drug-likeness (QED) is 0.558. The van der Waals surface area contributed by atoms with Gasteiger partial charge in [-0.05, 0) is 22.3 Å². The number of ether oxygens (including phenoxy) is 2. The first-order valence-corrected chi connectivity index (χ1v) is 9.57. The largest absolute Gasteiger partial charge is 0.375 e. The molecular weight excluding hydrogens is 348 g/mol. The summed E-state index contributed by atoms with van der Waals surface area (Å²) in [4.78, 5) is 0. The van der Waals surface area contributed by atoms with Gasteiger partial charge in [-0.2, -0.15) is 0 Å². The van der Waals surface area contributed by atoms with Crippen LogP contribution in [0.1, 0.15) is 34.3 Å². The van der Waals surface area contributed by atoms with E-state index in [0.29, 0.717) is 26.4 Å². The van der Waals surface area contributed by atoms with E-state index < -0.39 is 0 Å². The van der Waals surface area contributed by atoms with Crippen LogP contribution in [0.2, 0.25) is 0 Å². The number of hydrogen-bond donors (Lipinski definition) is 2. The lowest BCUT2D eigenvalue weighted by Gasteiger charge is -2.13. The molecule has 0 fully saturated rings. The van der Waals surface area contributed by atoms with E-state index in [1.165, 1.54) is 0 Å². The van der Waals surface area contributed by atoms with E-state index in [-0.39, 0.29) is 12.1 Å². The van der Waals surface area contributed by atoms with E-state index >= 15 is 0 Å². The van der Waals surface area contributed by atoms with Crippen molar-refractivity contribution in [2.45, 2.75) is 25.3 Å². The van der Waals surface area contributed by atoms with Crippen molar-refractivity contribution in [2.75, 3.05) is 13.2 Å². The molecule has 0 bridgehead atoms. The fourth-order valence-corrected chi connectivity index (χ4v) is 2.93. The third-order valence-electron chi connectivity index (χ3n) is 4.61. The topological polar surface area (TPSA) is 70.5 Å². The first-order valence-electron chi connectivity index (χ1n) is 9.57. The molecule has 2 atom stereocenters. The minimum atomic E-state index is -0.109. The van der Waals surface area contributed by atoms with E-state index in [4.69, 9.17) is 20.9 Å². The van der Waals surface area contributed by atoms with E-state index in [0.717, 1.165) is 22.3 Å². The lowest BCUT2D eigenvalue weighted by Crippen LogP contribution is -2.17. The van der Waals surface area contributed by atoms with Crippen LogP contribution < -0.4 is 11.5 Å². The lowest BCUT2D eigenvalue weighted by molar-refractivity contribution is 0.106. The first-order chi connectivity index (χ1) is 13.7. The molecule has 3 aromatic rings. The summed E-state index contributed by atoms with van der Waals surface area (Å²) in [6, 6.07) is 28.0. The summed E-state index contributed by atoms with van der Waals surface area (Å²) >= 11 is 0. The monoisotopic (exact) mass is 376 g/mol. The van der Waals surface area contributed by atoms with Crippen LogP contribution in [0.25, 0.3) is 0 Å².